The number of carboxylic acids is 1. The van der Waals surface area contributed by atoms with Crippen LogP contribution in [0.1, 0.15) is 21.5 Å². The zero-order valence-corrected chi connectivity index (χ0v) is 18.5. The first-order valence-corrected chi connectivity index (χ1v) is 10.6. The van der Waals surface area contributed by atoms with Crippen molar-refractivity contribution in [2.45, 2.75) is 12.6 Å². The van der Waals surface area contributed by atoms with Gasteiger partial charge in [-0.3, -0.25) is 9.59 Å². The number of nitrogens with one attached hydrogen (secondary N) is 1. The van der Waals surface area contributed by atoms with E-state index in [-0.39, 0.29) is 28.5 Å². The van der Waals surface area contributed by atoms with E-state index in [0.29, 0.717) is 16.8 Å². The van der Waals surface area contributed by atoms with Crippen LogP contribution in [0.25, 0.3) is 22.6 Å². The highest BCUT2D eigenvalue weighted by Crippen LogP contribution is 2.43. The van der Waals surface area contributed by atoms with Crippen molar-refractivity contribution in [3.05, 3.63) is 94.5 Å². The number of carbonyl (C=O) groups is 2. The lowest BCUT2D eigenvalue weighted by molar-refractivity contribution is -0.137. The number of amides is 1. The summed E-state index contributed by atoms with van der Waals surface area (Å²) < 4.78 is 46.8. The minimum absolute atomic E-state index is 0.0337. The van der Waals surface area contributed by atoms with Crippen molar-refractivity contribution in [1.29, 1.82) is 0 Å². The second kappa shape index (κ2) is 9.63. The largest absolute Gasteiger partial charge is 0.481 e. The number of alkyl halides is 3. The third-order valence-electron chi connectivity index (χ3n) is 5.08. The SMILES string of the molecule is O=C(O)Cc1ccc(NC(=O)c2c(-c3c(Cl)cccc3C(F)(F)F)noc2-c2ccccc2)cc1. The molecular weight excluding hydrogens is 485 g/mol. The standard InChI is InChI=1S/C25H16ClF3N2O4/c26-18-8-4-7-17(25(27,28)29)20(18)22-21(23(35-31-22)15-5-2-1-3-6-15)24(34)30-16-11-9-14(10-12-16)13-19(32)33/h1-12H,13H2,(H,30,34)(H,32,33). The van der Waals surface area contributed by atoms with E-state index < -0.39 is 29.2 Å². The van der Waals surface area contributed by atoms with Crippen LogP contribution in [-0.4, -0.2) is 22.1 Å². The summed E-state index contributed by atoms with van der Waals surface area (Å²) in [5.74, 6) is -1.82. The molecule has 10 heteroatoms. The maximum Gasteiger partial charge on any atom is 0.417 e. The highest BCUT2D eigenvalue weighted by Gasteiger charge is 2.37. The van der Waals surface area contributed by atoms with Crippen LogP contribution < -0.4 is 5.32 Å². The first-order chi connectivity index (χ1) is 16.6. The molecule has 0 bridgehead atoms. The summed E-state index contributed by atoms with van der Waals surface area (Å²) in [6.45, 7) is 0. The Balaban J connectivity index is 1.83. The van der Waals surface area contributed by atoms with Crippen molar-refractivity contribution < 1.29 is 32.4 Å². The molecule has 35 heavy (non-hydrogen) atoms. The Kier molecular flexibility index (Phi) is 6.61. The van der Waals surface area contributed by atoms with E-state index in [4.69, 9.17) is 21.2 Å². The lowest BCUT2D eigenvalue weighted by Crippen LogP contribution is -2.15. The molecule has 0 unspecified atom stereocenters. The highest BCUT2D eigenvalue weighted by atomic mass is 35.5. The molecule has 0 fully saturated rings. The summed E-state index contributed by atoms with van der Waals surface area (Å²) in [6.07, 6.45) is -4.96. The molecule has 1 heterocycles. The Bertz CT molecular complexity index is 1380. The third kappa shape index (κ3) is 5.20. The fourth-order valence-electron chi connectivity index (χ4n) is 3.53. The van der Waals surface area contributed by atoms with E-state index in [1.165, 1.54) is 30.3 Å². The van der Waals surface area contributed by atoms with Gasteiger partial charge in [-0.25, -0.2) is 0 Å². The van der Waals surface area contributed by atoms with Crippen molar-refractivity contribution in [1.82, 2.24) is 5.16 Å². The van der Waals surface area contributed by atoms with E-state index >= 15 is 0 Å². The third-order valence-corrected chi connectivity index (χ3v) is 5.39. The molecule has 0 aliphatic carbocycles. The number of benzene rings is 3. The lowest BCUT2D eigenvalue weighted by atomic mass is 9.97. The molecule has 178 valence electrons. The summed E-state index contributed by atoms with van der Waals surface area (Å²) >= 11 is 6.16. The molecule has 0 aliphatic rings. The van der Waals surface area contributed by atoms with Gasteiger partial charge in [0.25, 0.3) is 5.91 Å². The normalized spacial score (nSPS) is 11.3. The Morgan fingerprint density at radius 1 is 0.971 bits per heavy atom. The van der Waals surface area contributed by atoms with Crippen LogP contribution in [-0.2, 0) is 17.4 Å². The van der Waals surface area contributed by atoms with Crippen LogP contribution in [0.15, 0.2) is 77.3 Å². The molecule has 1 aromatic heterocycles. The second-order valence-electron chi connectivity index (χ2n) is 7.48. The first-order valence-electron chi connectivity index (χ1n) is 10.2. The van der Waals surface area contributed by atoms with Crippen molar-refractivity contribution in [2.75, 3.05) is 5.32 Å². The summed E-state index contributed by atoms with van der Waals surface area (Å²) in [4.78, 5) is 24.2. The molecule has 4 aromatic rings. The molecule has 0 radical (unpaired) electrons. The summed E-state index contributed by atoms with van der Waals surface area (Å²) in [5, 5.41) is 15.1. The number of aliphatic carboxylic acids is 1. The van der Waals surface area contributed by atoms with Gasteiger partial charge in [-0.1, -0.05) is 65.3 Å². The molecule has 6 nitrogen and oxygen atoms in total. The second-order valence-corrected chi connectivity index (χ2v) is 7.89. The molecule has 0 saturated carbocycles. The summed E-state index contributed by atoms with van der Waals surface area (Å²) in [7, 11) is 0. The van der Waals surface area contributed by atoms with Gasteiger partial charge in [0.2, 0.25) is 0 Å². The van der Waals surface area contributed by atoms with Gasteiger partial charge >= 0.3 is 12.1 Å². The Labute approximate surface area is 201 Å². The van der Waals surface area contributed by atoms with Crippen LogP contribution in [0, 0.1) is 0 Å². The van der Waals surface area contributed by atoms with Gasteiger partial charge in [0.05, 0.1) is 17.0 Å². The number of hydrogen-bond donors (Lipinski definition) is 2. The molecule has 3 aromatic carbocycles. The number of nitrogens with zero attached hydrogens (tertiary/aromatic N) is 1. The summed E-state index contributed by atoms with van der Waals surface area (Å²) in [6, 6.07) is 17.6. The highest BCUT2D eigenvalue weighted by molar-refractivity contribution is 6.34. The van der Waals surface area contributed by atoms with Crippen LogP contribution >= 0.6 is 11.6 Å². The van der Waals surface area contributed by atoms with E-state index in [9.17, 15) is 22.8 Å². The molecule has 4 rings (SSSR count). The lowest BCUT2D eigenvalue weighted by Gasteiger charge is -2.14. The number of carbonyl (C=O) groups excluding carboxylic acids is 1. The molecule has 0 atom stereocenters. The predicted molar refractivity (Wildman–Crippen MR) is 123 cm³/mol. The number of rotatable bonds is 6. The molecular formula is C25H16ClF3N2O4. The smallest absolute Gasteiger partial charge is 0.417 e. The Morgan fingerprint density at radius 3 is 2.29 bits per heavy atom. The van der Waals surface area contributed by atoms with Crippen LogP contribution in [0.3, 0.4) is 0 Å². The van der Waals surface area contributed by atoms with Gasteiger partial charge in [0.15, 0.2) is 5.76 Å². The molecule has 1 amide bonds. The average Bonchev–Trinajstić information content (AvgIpc) is 3.25. The maximum absolute atomic E-state index is 13.8. The van der Waals surface area contributed by atoms with E-state index in [0.717, 1.165) is 12.1 Å². The van der Waals surface area contributed by atoms with Gasteiger partial charge in [0, 0.05) is 16.8 Å². The van der Waals surface area contributed by atoms with Gasteiger partial charge in [0.1, 0.15) is 11.3 Å². The molecule has 2 N–H and O–H groups in total. The van der Waals surface area contributed by atoms with Crippen LogP contribution in [0.4, 0.5) is 18.9 Å². The number of carboxylic acid groups (broad SMARTS) is 1. The predicted octanol–water partition coefficient (Wildman–Crippen LogP) is 6.56. The van der Waals surface area contributed by atoms with Crippen molar-refractivity contribution >= 4 is 29.2 Å². The fraction of sp³-hybridized carbons (Fsp3) is 0.0800. The van der Waals surface area contributed by atoms with Gasteiger partial charge < -0.3 is 14.9 Å². The van der Waals surface area contributed by atoms with Crippen molar-refractivity contribution in [3.63, 3.8) is 0 Å². The number of hydrogen-bond acceptors (Lipinski definition) is 4. The van der Waals surface area contributed by atoms with Crippen LogP contribution in [0.5, 0.6) is 0 Å². The van der Waals surface area contributed by atoms with Gasteiger partial charge in [-0.15, -0.1) is 0 Å². The van der Waals surface area contributed by atoms with Crippen molar-refractivity contribution in [2.24, 2.45) is 0 Å². The maximum atomic E-state index is 13.8. The quantitative estimate of drug-likeness (QED) is 0.313. The minimum Gasteiger partial charge on any atom is -0.481 e. The average molecular weight is 501 g/mol. The Morgan fingerprint density at radius 2 is 1.66 bits per heavy atom. The number of anilines is 1. The monoisotopic (exact) mass is 500 g/mol. The van der Waals surface area contributed by atoms with Crippen molar-refractivity contribution in [3.8, 4) is 22.6 Å². The molecule has 0 saturated heterocycles. The van der Waals surface area contributed by atoms with E-state index in [2.05, 4.69) is 10.5 Å². The zero-order chi connectivity index (χ0) is 25.2. The molecule has 0 aliphatic heterocycles. The zero-order valence-electron chi connectivity index (χ0n) is 17.8. The Hall–Kier alpha value is -4.11. The van der Waals surface area contributed by atoms with Gasteiger partial charge in [-0.05, 0) is 29.8 Å². The minimum atomic E-state index is -4.76. The van der Waals surface area contributed by atoms with Crippen LogP contribution in [0.2, 0.25) is 5.02 Å². The number of aromatic nitrogens is 1. The summed E-state index contributed by atoms with van der Waals surface area (Å²) in [5.41, 5.74) is -0.901. The topological polar surface area (TPSA) is 92.4 Å². The van der Waals surface area contributed by atoms with Gasteiger partial charge in [-0.2, -0.15) is 13.2 Å². The van der Waals surface area contributed by atoms with E-state index in [1.807, 2.05) is 0 Å². The number of halogens is 4. The fourth-order valence-corrected chi connectivity index (χ4v) is 3.80. The molecule has 0 spiro atoms. The first kappa shape index (κ1) is 24.0. The van der Waals surface area contributed by atoms with E-state index in [1.54, 1.807) is 30.3 Å².